The summed E-state index contributed by atoms with van der Waals surface area (Å²) in [5.74, 6) is 1.24. The molecule has 1 heterocycles. The zero-order valence-corrected chi connectivity index (χ0v) is 11.2. The molecule has 0 aliphatic rings. The third kappa shape index (κ3) is 3.95. The lowest BCUT2D eigenvalue weighted by Gasteiger charge is -2.03. The first kappa shape index (κ1) is 13.3. The van der Waals surface area contributed by atoms with Crippen molar-refractivity contribution < 1.29 is 4.79 Å². The molecule has 2 aromatic rings. The summed E-state index contributed by atoms with van der Waals surface area (Å²) < 4.78 is 1.95. The number of ketones is 1. The minimum Gasteiger partial charge on any atom is -0.399 e. The normalized spacial score (nSPS) is 10.6. The molecule has 0 radical (unpaired) electrons. The summed E-state index contributed by atoms with van der Waals surface area (Å²) in [6.45, 7) is 0. The summed E-state index contributed by atoms with van der Waals surface area (Å²) in [6, 6.07) is 7.68. The number of aryl methyl sites for hydroxylation is 3. The first-order valence-corrected chi connectivity index (χ1v) is 6.47. The number of Topliss-reactive ketones (excluding diaryl/α,β-unsaturated/α-hetero) is 1. The molecule has 4 heteroatoms. The number of imidazole rings is 1. The topological polar surface area (TPSA) is 60.9 Å². The summed E-state index contributed by atoms with van der Waals surface area (Å²) in [5, 5.41) is 0. The molecule has 100 valence electrons. The average molecular weight is 257 g/mol. The van der Waals surface area contributed by atoms with Gasteiger partial charge in [0.2, 0.25) is 0 Å². The molecule has 19 heavy (non-hydrogen) atoms. The van der Waals surface area contributed by atoms with Gasteiger partial charge >= 0.3 is 0 Å². The first-order chi connectivity index (χ1) is 9.15. The highest BCUT2D eigenvalue weighted by molar-refractivity contribution is 5.78. The number of hydrogen-bond acceptors (Lipinski definition) is 3. The number of aromatic nitrogens is 2. The van der Waals surface area contributed by atoms with Crippen molar-refractivity contribution >= 4 is 11.5 Å². The molecule has 0 aliphatic carbocycles. The lowest BCUT2D eigenvalue weighted by molar-refractivity contribution is -0.119. The molecule has 1 aromatic heterocycles. The van der Waals surface area contributed by atoms with E-state index in [1.54, 1.807) is 6.20 Å². The summed E-state index contributed by atoms with van der Waals surface area (Å²) in [6.07, 6.45) is 6.28. The van der Waals surface area contributed by atoms with Gasteiger partial charge in [0, 0.05) is 44.4 Å². The van der Waals surface area contributed by atoms with Crippen LogP contribution in [0.3, 0.4) is 0 Å². The van der Waals surface area contributed by atoms with Gasteiger partial charge in [-0.3, -0.25) is 4.79 Å². The average Bonchev–Trinajstić information content (AvgIpc) is 2.81. The highest BCUT2D eigenvalue weighted by Gasteiger charge is 2.06. The molecule has 0 atom stereocenters. The fourth-order valence-electron chi connectivity index (χ4n) is 1.98. The van der Waals surface area contributed by atoms with Crippen LogP contribution in [0.5, 0.6) is 0 Å². The van der Waals surface area contributed by atoms with E-state index >= 15 is 0 Å². The fourth-order valence-corrected chi connectivity index (χ4v) is 1.98. The van der Waals surface area contributed by atoms with Crippen LogP contribution >= 0.6 is 0 Å². The number of rotatable bonds is 6. The Kier molecular flexibility index (Phi) is 4.34. The van der Waals surface area contributed by atoms with Gasteiger partial charge in [-0.05, 0) is 24.1 Å². The molecule has 0 unspecified atom stereocenters. The minimum absolute atomic E-state index is 0.278. The number of anilines is 1. The Bertz CT molecular complexity index is 543. The molecular formula is C15H19N3O. The van der Waals surface area contributed by atoms with Crippen LogP contribution in [0, 0.1) is 0 Å². The molecule has 2 rings (SSSR count). The van der Waals surface area contributed by atoms with Crippen molar-refractivity contribution in [1.29, 1.82) is 0 Å². The largest absolute Gasteiger partial charge is 0.399 e. The maximum atomic E-state index is 11.8. The van der Waals surface area contributed by atoms with Crippen molar-refractivity contribution in [3.63, 3.8) is 0 Å². The van der Waals surface area contributed by atoms with E-state index in [1.165, 1.54) is 0 Å². The van der Waals surface area contributed by atoms with E-state index in [0.717, 1.165) is 23.5 Å². The summed E-state index contributed by atoms with van der Waals surface area (Å²) in [5.41, 5.74) is 7.53. The monoisotopic (exact) mass is 257 g/mol. The van der Waals surface area contributed by atoms with E-state index in [-0.39, 0.29) is 5.78 Å². The van der Waals surface area contributed by atoms with Gasteiger partial charge in [-0.1, -0.05) is 12.1 Å². The number of carbonyl (C=O) groups excluding carboxylic acids is 1. The van der Waals surface area contributed by atoms with Crippen LogP contribution in [0.1, 0.15) is 24.2 Å². The van der Waals surface area contributed by atoms with Crippen LogP contribution in [-0.4, -0.2) is 15.3 Å². The molecule has 0 fully saturated rings. The van der Waals surface area contributed by atoms with Crippen molar-refractivity contribution in [3.8, 4) is 0 Å². The predicted molar refractivity (Wildman–Crippen MR) is 75.7 cm³/mol. The summed E-state index contributed by atoms with van der Waals surface area (Å²) in [7, 11) is 1.95. The quantitative estimate of drug-likeness (QED) is 0.806. The van der Waals surface area contributed by atoms with Crippen LogP contribution in [0.4, 0.5) is 5.69 Å². The van der Waals surface area contributed by atoms with Gasteiger partial charge in [0.1, 0.15) is 11.6 Å². The molecule has 4 nitrogen and oxygen atoms in total. The number of nitrogen functional groups attached to an aromatic ring is 1. The van der Waals surface area contributed by atoms with E-state index in [4.69, 9.17) is 5.73 Å². The zero-order valence-electron chi connectivity index (χ0n) is 11.2. The van der Waals surface area contributed by atoms with Crippen molar-refractivity contribution in [1.82, 2.24) is 9.55 Å². The number of nitrogens with two attached hydrogens (primary N) is 1. The minimum atomic E-state index is 0.278. The van der Waals surface area contributed by atoms with Gasteiger partial charge in [-0.25, -0.2) is 4.98 Å². The lowest BCUT2D eigenvalue weighted by Crippen LogP contribution is -2.05. The number of benzene rings is 1. The Labute approximate surface area is 113 Å². The van der Waals surface area contributed by atoms with E-state index < -0.39 is 0 Å². The Balaban J connectivity index is 1.76. The van der Waals surface area contributed by atoms with Crippen molar-refractivity contribution in [2.24, 2.45) is 7.05 Å². The van der Waals surface area contributed by atoms with Gasteiger partial charge < -0.3 is 10.3 Å². The third-order valence-electron chi connectivity index (χ3n) is 3.22. The molecule has 0 saturated heterocycles. The molecule has 1 aromatic carbocycles. The maximum absolute atomic E-state index is 11.8. The lowest BCUT2D eigenvalue weighted by atomic mass is 10.0. The second-order valence-electron chi connectivity index (χ2n) is 4.73. The number of carbonyl (C=O) groups is 1. The van der Waals surface area contributed by atoms with Gasteiger partial charge in [0.05, 0.1) is 0 Å². The van der Waals surface area contributed by atoms with Crippen LogP contribution in [0.15, 0.2) is 36.7 Å². The first-order valence-electron chi connectivity index (χ1n) is 6.47. The Morgan fingerprint density at radius 1 is 1.21 bits per heavy atom. The van der Waals surface area contributed by atoms with E-state index in [2.05, 4.69) is 4.98 Å². The third-order valence-corrected chi connectivity index (χ3v) is 3.22. The Hall–Kier alpha value is -2.10. The standard InChI is InChI=1S/C15H19N3O/c1-18-11-10-17-15(18)9-8-14(19)7-4-12-2-5-13(16)6-3-12/h2-3,5-6,10-11H,4,7-9,16H2,1H3. The zero-order chi connectivity index (χ0) is 13.7. The maximum Gasteiger partial charge on any atom is 0.133 e. The predicted octanol–water partition coefficient (Wildman–Crippen LogP) is 2.14. The molecule has 0 bridgehead atoms. The number of hydrogen-bond donors (Lipinski definition) is 1. The Morgan fingerprint density at radius 2 is 1.89 bits per heavy atom. The molecule has 0 spiro atoms. The van der Waals surface area contributed by atoms with E-state index in [0.29, 0.717) is 19.3 Å². The highest BCUT2D eigenvalue weighted by atomic mass is 16.1. The summed E-state index contributed by atoms with van der Waals surface area (Å²) >= 11 is 0. The Morgan fingerprint density at radius 3 is 2.53 bits per heavy atom. The highest BCUT2D eigenvalue weighted by Crippen LogP contribution is 2.09. The van der Waals surface area contributed by atoms with Crippen molar-refractivity contribution in [2.75, 3.05) is 5.73 Å². The fraction of sp³-hybridized carbons (Fsp3) is 0.333. The van der Waals surface area contributed by atoms with Crippen molar-refractivity contribution in [3.05, 3.63) is 48.0 Å². The van der Waals surface area contributed by atoms with Gasteiger partial charge in [-0.15, -0.1) is 0 Å². The van der Waals surface area contributed by atoms with Crippen LogP contribution in [-0.2, 0) is 24.7 Å². The summed E-state index contributed by atoms with van der Waals surface area (Å²) in [4.78, 5) is 16.0. The van der Waals surface area contributed by atoms with Crippen LogP contribution in [0.25, 0.3) is 0 Å². The van der Waals surface area contributed by atoms with Crippen molar-refractivity contribution in [2.45, 2.75) is 25.7 Å². The SMILES string of the molecule is Cn1ccnc1CCC(=O)CCc1ccc(N)cc1. The molecule has 2 N–H and O–H groups in total. The van der Waals surface area contributed by atoms with Crippen LogP contribution in [0.2, 0.25) is 0 Å². The molecule has 0 saturated carbocycles. The van der Waals surface area contributed by atoms with Gasteiger partial charge in [0.25, 0.3) is 0 Å². The second kappa shape index (κ2) is 6.18. The van der Waals surface area contributed by atoms with Crippen LogP contribution < -0.4 is 5.73 Å². The van der Waals surface area contributed by atoms with E-state index in [9.17, 15) is 4.79 Å². The molecule has 0 amide bonds. The van der Waals surface area contributed by atoms with E-state index in [1.807, 2.05) is 42.1 Å². The number of nitrogens with zero attached hydrogens (tertiary/aromatic N) is 2. The van der Waals surface area contributed by atoms with Gasteiger partial charge in [-0.2, -0.15) is 0 Å². The molecular weight excluding hydrogens is 238 g/mol. The van der Waals surface area contributed by atoms with Gasteiger partial charge in [0.15, 0.2) is 0 Å². The second-order valence-corrected chi connectivity index (χ2v) is 4.73. The molecule has 0 aliphatic heterocycles. The smallest absolute Gasteiger partial charge is 0.133 e.